The van der Waals surface area contributed by atoms with Gasteiger partial charge in [0.15, 0.2) is 5.78 Å². The molecule has 0 radical (unpaired) electrons. The molecule has 2 aromatic heterocycles. The maximum absolute atomic E-state index is 12.7. The second-order valence-corrected chi connectivity index (χ2v) is 6.51. The summed E-state index contributed by atoms with van der Waals surface area (Å²) in [5, 5.41) is 17.3. The molecule has 0 fully saturated rings. The van der Waals surface area contributed by atoms with Gasteiger partial charge >= 0.3 is 0 Å². The summed E-state index contributed by atoms with van der Waals surface area (Å²) in [5.41, 5.74) is 4.20. The minimum absolute atomic E-state index is 0.0261. The van der Waals surface area contributed by atoms with Gasteiger partial charge in [0.05, 0.1) is 17.3 Å². The van der Waals surface area contributed by atoms with Crippen molar-refractivity contribution >= 4 is 16.7 Å². The van der Waals surface area contributed by atoms with Crippen LogP contribution in [0.4, 0.5) is 0 Å². The topological polar surface area (TPSA) is 82.4 Å². The molecule has 0 bridgehead atoms. The van der Waals surface area contributed by atoms with E-state index in [1.54, 1.807) is 12.3 Å². The maximum atomic E-state index is 12.7. The molecule has 0 atom stereocenters. The number of nitrogens with zero attached hydrogens (tertiary/aromatic N) is 3. The minimum Gasteiger partial charge on any atom is -0.292 e. The molecule has 0 aliphatic heterocycles. The number of H-pyrrole nitrogens is 1. The molecule has 0 unspecified atom stereocenters. The number of ketones is 1. The highest BCUT2D eigenvalue weighted by molar-refractivity contribution is 6.03. The fraction of sp³-hybridized carbons (Fsp3) is 0.333. The van der Waals surface area contributed by atoms with Crippen LogP contribution < -0.4 is 0 Å². The molecule has 0 aliphatic carbocycles. The van der Waals surface area contributed by atoms with Crippen LogP contribution in [0.5, 0.6) is 0 Å². The number of nitrogens with one attached hydrogen (secondary N) is 1. The third kappa shape index (κ3) is 3.50. The van der Waals surface area contributed by atoms with E-state index in [0.717, 1.165) is 47.9 Å². The summed E-state index contributed by atoms with van der Waals surface area (Å²) >= 11 is 0. The molecule has 1 N–H and O–H groups in total. The number of aromatic amines is 1. The van der Waals surface area contributed by atoms with Crippen LogP contribution in [0.2, 0.25) is 0 Å². The molecule has 0 saturated heterocycles. The quantitative estimate of drug-likeness (QED) is 0.484. The smallest absolute Gasteiger partial charge is 0.181 e. The summed E-state index contributed by atoms with van der Waals surface area (Å²) < 4.78 is 0. The number of Topliss-reactive ketones (excluding diaryl/α,β-unsaturated/α-hetero) is 1. The van der Waals surface area contributed by atoms with E-state index in [1.807, 2.05) is 25.1 Å². The van der Waals surface area contributed by atoms with Crippen molar-refractivity contribution in [1.29, 1.82) is 5.26 Å². The Morgan fingerprint density at radius 3 is 2.77 bits per heavy atom. The summed E-state index contributed by atoms with van der Waals surface area (Å²) in [7, 11) is 0. The van der Waals surface area contributed by atoms with Gasteiger partial charge in [0.1, 0.15) is 11.8 Å². The fourth-order valence-corrected chi connectivity index (χ4v) is 3.17. The van der Waals surface area contributed by atoms with E-state index in [-0.39, 0.29) is 5.78 Å². The molecule has 0 spiro atoms. The van der Waals surface area contributed by atoms with Gasteiger partial charge in [-0.15, -0.1) is 0 Å². The van der Waals surface area contributed by atoms with E-state index in [4.69, 9.17) is 0 Å². The summed E-state index contributed by atoms with van der Waals surface area (Å²) in [5.74, 6) is 0.0261. The zero-order chi connectivity index (χ0) is 18.5. The normalized spacial score (nSPS) is 10.8. The van der Waals surface area contributed by atoms with Crippen molar-refractivity contribution in [2.24, 2.45) is 0 Å². The van der Waals surface area contributed by atoms with Crippen LogP contribution in [0, 0.1) is 18.3 Å². The van der Waals surface area contributed by atoms with Gasteiger partial charge in [-0.2, -0.15) is 10.4 Å². The number of carbonyl (C=O) groups excluding carboxylic acids is 1. The molecule has 3 aromatic rings. The SMILES string of the molecule is CCCCCCC(=O)c1cc(-c2cn[nH]c2C)c2cccc(C#N)c2n1. The van der Waals surface area contributed by atoms with E-state index >= 15 is 0 Å². The Kier molecular flexibility index (Phi) is 5.43. The van der Waals surface area contributed by atoms with Gasteiger partial charge in [0.2, 0.25) is 0 Å². The number of aryl methyl sites for hydroxylation is 1. The van der Waals surface area contributed by atoms with Crippen molar-refractivity contribution < 1.29 is 4.79 Å². The summed E-state index contributed by atoms with van der Waals surface area (Å²) in [6, 6.07) is 9.53. The first-order chi connectivity index (χ1) is 12.7. The molecule has 132 valence electrons. The number of rotatable bonds is 7. The van der Waals surface area contributed by atoms with Crippen molar-refractivity contribution in [2.45, 2.75) is 46.0 Å². The first-order valence-electron chi connectivity index (χ1n) is 9.03. The Morgan fingerprint density at radius 1 is 1.23 bits per heavy atom. The monoisotopic (exact) mass is 346 g/mol. The van der Waals surface area contributed by atoms with Crippen molar-refractivity contribution in [1.82, 2.24) is 15.2 Å². The highest BCUT2D eigenvalue weighted by Gasteiger charge is 2.17. The van der Waals surface area contributed by atoms with Crippen LogP contribution in [0.1, 0.15) is 60.8 Å². The van der Waals surface area contributed by atoms with Crippen molar-refractivity contribution in [2.75, 3.05) is 0 Å². The fourth-order valence-electron chi connectivity index (χ4n) is 3.17. The highest BCUT2D eigenvalue weighted by atomic mass is 16.1. The summed E-state index contributed by atoms with van der Waals surface area (Å²) in [6.45, 7) is 4.09. The van der Waals surface area contributed by atoms with E-state index < -0.39 is 0 Å². The predicted octanol–water partition coefficient (Wildman–Crippen LogP) is 4.96. The Bertz CT molecular complexity index is 981. The van der Waals surface area contributed by atoms with Crippen LogP contribution in [0.3, 0.4) is 0 Å². The maximum Gasteiger partial charge on any atom is 0.181 e. The third-order valence-electron chi connectivity index (χ3n) is 4.62. The molecule has 26 heavy (non-hydrogen) atoms. The number of fused-ring (bicyclic) bond motifs is 1. The lowest BCUT2D eigenvalue weighted by Gasteiger charge is -2.10. The van der Waals surface area contributed by atoms with Gasteiger partial charge < -0.3 is 0 Å². The summed E-state index contributed by atoms with van der Waals surface area (Å²) in [4.78, 5) is 17.2. The lowest BCUT2D eigenvalue weighted by molar-refractivity contribution is 0.0974. The lowest BCUT2D eigenvalue weighted by Crippen LogP contribution is -2.04. The highest BCUT2D eigenvalue weighted by Crippen LogP contribution is 2.31. The van der Waals surface area contributed by atoms with E-state index in [2.05, 4.69) is 28.2 Å². The van der Waals surface area contributed by atoms with Gasteiger partial charge in [-0.1, -0.05) is 38.3 Å². The Balaban J connectivity index is 2.09. The number of nitriles is 1. The third-order valence-corrected chi connectivity index (χ3v) is 4.62. The molecule has 0 saturated carbocycles. The standard InChI is InChI=1S/C21H22N4O/c1-3-4-5-6-10-20(26)19-11-17(18-13-23-25-14(18)2)16-9-7-8-15(12-22)21(16)24-19/h7-9,11,13H,3-6,10H2,1-2H3,(H,23,25). The van der Waals surface area contributed by atoms with Crippen LogP contribution in [-0.4, -0.2) is 21.0 Å². The summed E-state index contributed by atoms with van der Waals surface area (Å²) in [6.07, 6.45) is 6.42. The van der Waals surface area contributed by atoms with Gasteiger partial charge in [-0.05, 0) is 31.0 Å². The zero-order valence-corrected chi connectivity index (χ0v) is 15.2. The van der Waals surface area contributed by atoms with Crippen molar-refractivity contribution in [3.63, 3.8) is 0 Å². The second-order valence-electron chi connectivity index (χ2n) is 6.51. The molecule has 0 amide bonds. The Hall–Kier alpha value is -3.00. The molecule has 1 aromatic carbocycles. The number of hydrogen-bond acceptors (Lipinski definition) is 4. The Morgan fingerprint density at radius 2 is 2.08 bits per heavy atom. The molecule has 5 heteroatoms. The number of carbonyl (C=O) groups is 1. The first kappa shape index (κ1) is 17.8. The van der Waals surface area contributed by atoms with Crippen LogP contribution >= 0.6 is 0 Å². The first-order valence-corrected chi connectivity index (χ1v) is 9.03. The molecule has 2 heterocycles. The number of pyridine rings is 1. The van der Waals surface area contributed by atoms with Gasteiger partial charge in [0, 0.05) is 23.1 Å². The molecule has 3 rings (SSSR count). The van der Waals surface area contributed by atoms with E-state index in [0.29, 0.717) is 23.2 Å². The van der Waals surface area contributed by atoms with Crippen LogP contribution in [0.25, 0.3) is 22.0 Å². The lowest BCUT2D eigenvalue weighted by atomic mass is 9.97. The largest absolute Gasteiger partial charge is 0.292 e. The average molecular weight is 346 g/mol. The molecule has 5 nitrogen and oxygen atoms in total. The van der Waals surface area contributed by atoms with Crippen molar-refractivity contribution in [3.05, 3.63) is 47.4 Å². The average Bonchev–Trinajstić information content (AvgIpc) is 3.09. The number of para-hydroxylation sites is 1. The number of unbranched alkanes of at least 4 members (excludes halogenated alkanes) is 3. The second kappa shape index (κ2) is 7.92. The van der Waals surface area contributed by atoms with E-state index in [1.165, 1.54) is 0 Å². The minimum atomic E-state index is 0.0261. The molecular weight excluding hydrogens is 324 g/mol. The van der Waals surface area contributed by atoms with E-state index in [9.17, 15) is 10.1 Å². The number of aromatic nitrogens is 3. The molecular formula is C21H22N4O. The van der Waals surface area contributed by atoms with Gasteiger partial charge in [0.25, 0.3) is 0 Å². The number of hydrogen-bond donors (Lipinski definition) is 1. The van der Waals surface area contributed by atoms with Gasteiger partial charge in [-0.25, -0.2) is 4.98 Å². The van der Waals surface area contributed by atoms with Crippen molar-refractivity contribution in [3.8, 4) is 17.2 Å². The van der Waals surface area contributed by atoms with Gasteiger partial charge in [-0.3, -0.25) is 9.89 Å². The zero-order valence-electron chi connectivity index (χ0n) is 15.2. The molecule has 0 aliphatic rings. The predicted molar refractivity (Wildman–Crippen MR) is 102 cm³/mol. The Labute approximate surface area is 153 Å². The van der Waals surface area contributed by atoms with Crippen LogP contribution in [0.15, 0.2) is 30.5 Å². The van der Waals surface area contributed by atoms with Crippen LogP contribution in [-0.2, 0) is 0 Å². The number of benzene rings is 1.